The van der Waals surface area contributed by atoms with E-state index < -0.39 is 0 Å². The Morgan fingerprint density at radius 3 is 2.91 bits per heavy atom. The van der Waals surface area contributed by atoms with Gasteiger partial charge in [0.05, 0.1) is 0 Å². The Morgan fingerprint density at radius 1 is 1.64 bits per heavy atom. The monoisotopic (exact) mass is 150 g/mol. The molecule has 0 N–H and O–H groups in total. The molecule has 0 spiro atoms. The summed E-state index contributed by atoms with van der Waals surface area (Å²) in [5, 5.41) is 0. The summed E-state index contributed by atoms with van der Waals surface area (Å²) in [5.41, 5.74) is 0. The third kappa shape index (κ3) is 1.59. The minimum absolute atomic E-state index is 0.123. The van der Waals surface area contributed by atoms with Crippen LogP contribution in [-0.2, 0) is 4.79 Å². The maximum atomic E-state index is 11.2. The van der Waals surface area contributed by atoms with Crippen molar-refractivity contribution in [2.45, 2.75) is 19.8 Å². The summed E-state index contributed by atoms with van der Waals surface area (Å²) in [4.78, 5) is 11.2. The van der Waals surface area contributed by atoms with E-state index in [1.165, 1.54) is 0 Å². The summed E-state index contributed by atoms with van der Waals surface area (Å²) >= 11 is 0. The largest absolute Gasteiger partial charge is 0.299 e. The van der Waals surface area contributed by atoms with Gasteiger partial charge >= 0.3 is 0 Å². The fraction of sp³-hybridized carbons (Fsp3) is 0.500. The second-order valence-electron chi connectivity index (χ2n) is 2.96. The Kier molecular flexibility index (Phi) is 2.64. The lowest BCUT2D eigenvalue weighted by Crippen LogP contribution is -2.09. The second kappa shape index (κ2) is 3.51. The van der Waals surface area contributed by atoms with E-state index in [0.717, 1.165) is 12.8 Å². The van der Waals surface area contributed by atoms with Gasteiger partial charge in [0.15, 0.2) is 0 Å². The van der Waals surface area contributed by atoms with Crippen molar-refractivity contribution < 1.29 is 4.79 Å². The molecular formula is C10H14O. The molecule has 2 atom stereocenters. The van der Waals surface area contributed by atoms with Gasteiger partial charge < -0.3 is 0 Å². The van der Waals surface area contributed by atoms with Crippen molar-refractivity contribution in [2.24, 2.45) is 11.8 Å². The lowest BCUT2D eigenvalue weighted by Gasteiger charge is -2.08. The van der Waals surface area contributed by atoms with Gasteiger partial charge in [-0.1, -0.05) is 18.2 Å². The second-order valence-corrected chi connectivity index (χ2v) is 2.96. The molecule has 0 aliphatic heterocycles. The highest BCUT2D eigenvalue weighted by atomic mass is 16.1. The van der Waals surface area contributed by atoms with Crippen LogP contribution in [0.25, 0.3) is 0 Å². The summed E-state index contributed by atoms with van der Waals surface area (Å²) < 4.78 is 0. The fourth-order valence-electron chi connectivity index (χ4n) is 1.62. The highest BCUT2D eigenvalue weighted by molar-refractivity contribution is 5.85. The minimum Gasteiger partial charge on any atom is -0.299 e. The first-order chi connectivity index (χ1) is 5.29. The number of carbonyl (C=O) groups is 1. The quantitative estimate of drug-likeness (QED) is 0.552. The highest BCUT2D eigenvalue weighted by Gasteiger charge is 2.29. The van der Waals surface area contributed by atoms with Gasteiger partial charge in [-0.25, -0.2) is 0 Å². The van der Waals surface area contributed by atoms with Crippen molar-refractivity contribution in [2.75, 3.05) is 0 Å². The molecule has 1 nitrogen and oxygen atoms in total. The zero-order valence-corrected chi connectivity index (χ0v) is 6.92. The lowest BCUT2D eigenvalue weighted by molar-refractivity contribution is -0.119. The van der Waals surface area contributed by atoms with Crippen LogP contribution in [-0.4, -0.2) is 5.78 Å². The third-order valence-electron chi connectivity index (χ3n) is 2.26. The van der Waals surface area contributed by atoms with Gasteiger partial charge in [0.1, 0.15) is 5.78 Å². The molecule has 11 heavy (non-hydrogen) atoms. The van der Waals surface area contributed by atoms with Crippen LogP contribution in [0.4, 0.5) is 0 Å². The van der Waals surface area contributed by atoms with Crippen LogP contribution in [0.3, 0.4) is 0 Å². The Hall–Kier alpha value is -0.850. The predicted molar refractivity (Wildman–Crippen MR) is 46.2 cm³/mol. The Bertz CT molecular complexity index is 191. The molecule has 1 aliphatic carbocycles. The van der Waals surface area contributed by atoms with Crippen molar-refractivity contribution >= 4 is 5.78 Å². The molecule has 1 aliphatic rings. The van der Waals surface area contributed by atoms with Crippen molar-refractivity contribution in [3.05, 3.63) is 24.8 Å². The first-order valence-electron chi connectivity index (χ1n) is 4.07. The summed E-state index contributed by atoms with van der Waals surface area (Å²) in [6.45, 7) is 5.67. The summed E-state index contributed by atoms with van der Waals surface area (Å²) in [6, 6.07) is 0. The van der Waals surface area contributed by atoms with E-state index in [9.17, 15) is 4.79 Å². The van der Waals surface area contributed by atoms with E-state index in [0.29, 0.717) is 11.7 Å². The summed E-state index contributed by atoms with van der Waals surface area (Å²) in [6.07, 6.45) is 7.55. The van der Waals surface area contributed by atoms with E-state index in [1.807, 2.05) is 25.2 Å². The van der Waals surface area contributed by atoms with Gasteiger partial charge in [0.25, 0.3) is 0 Å². The number of allylic oxidation sites excluding steroid dienone is 3. The van der Waals surface area contributed by atoms with E-state index in [2.05, 4.69) is 6.58 Å². The number of carbonyl (C=O) groups excluding carboxylic acids is 1. The van der Waals surface area contributed by atoms with Crippen LogP contribution in [0.2, 0.25) is 0 Å². The molecule has 1 heteroatoms. The third-order valence-corrected chi connectivity index (χ3v) is 2.26. The van der Waals surface area contributed by atoms with Gasteiger partial charge in [-0.15, -0.1) is 6.58 Å². The average molecular weight is 150 g/mol. The van der Waals surface area contributed by atoms with Crippen LogP contribution in [0.1, 0.15) is 19.8 Å². The molecule has 0 bridgehead atoms. The van der Waals surface area contributed by atoms with Gasteiger partial charge in [-0.2, -0.15) is 0 Å². The van der Waals surface area contributed by atoms with Gasteiger partial charge in [-0.05, 0) is 19.3 Å². The molecule has 0 amide bonds. The van der Waals surface area contributed by atoms with Crippen molar-refractivity contribution in [3.63, 3.8) is 0 Å². The van der Waals surface area contributed by atoms with Crippen molar-refractivity contribution in [1.82, 2.24) is 0 Å². The van der Waals surface area contributed by atoms with E-state index >= 15 is 0 Å². The maximum absolute atomic E-state index is 11.2. The molecule has 0 aromatic heterocycles. The zero-order chi connectivity index (χ0) is 8.27. The molecule has 0 heterocycles. The zero-order valence-electron chi connectivity index (χ0n) is 6.92. The first-order valence-corrected chi connectivity index (χ1v) is 4.07. The van der Waals surface area contributed by atoms with Gasteiger partial charge in [0.2, 0.25) is 0 Å². The topological polar surface area (TPSA) is 17.1 Å². The van der Waals surface area contributed by atoms with Crippen LogP contribution < -0.4 is 0 Å². The van der Waals surface area contributed by atoms with Crippen LogP contribution >= 0.6 is 0 Å². The van der Waals surface area contributed by atoms with Crippen LogP contribution in [0.15, 0.2) is 24.8 Å². The smallest absolute Gasteiger partial charge is 0.140 e. The molecule has 1 rings (SSSR count). The Labute approximate surface area is 67.8 Å². The fourth-order valence-corrected chi connectivity index (χ4v) is 1.62. The highest BCUT2D eigenvalue weighted by Crippen LogP contribution is 2.30. The molecule has 60 valence electrons. The number of ketones is 1. The molecule has 0 saturated heterocycles. The number of rotatable bonds is 2. The molecule has 0 aromatic carbocycles. The normalized spacial score (nSPS) is 31.5. The average Bonchev–Trinajstić information content (AvgIpc) is 2.34. The van der Waals surface area contributed by atoms with Crippen molar-refractivity contribution in [3.8, 4) is 0 Å². The van der Waals surface area contributed by atoms with Crippen molar-refractivity contribution in [1.29, 1.82) is 0 Å². The number of hydrogen-bond acceptors (Lipinski definition) is 1. The summed E-state index contributed by atoms with van der Waals surface area (Å²) in [5.74, 6) is 0.879. The van der Waals surface area contributed by atoms with Crippen LogP contribution in [0.5, 0.6) is 0 Å². The van der Waals surface area contributed by atoms with Gasteiger partial charge in [-0.3, -0.25) is 4.79 Å². The Morgan fingerprint density at radius 2 is 2.36 bits per heavy atom. The molecular weight excluding hydrogens is 136 g/mol. The molecule has 1 fully saturated rings. The first kappa shape index (κ1) is 8.25. The van der Waals surface area contributed by atoms with E-state index in [4.69, 9.17) is 0 Å². The lowest BCUT2D eigenvalue weighted by atomic mass is 9.95. The van der Waals surface area contributed by atoms with Crippen LogP contribution in [0, 0.1) is 11.8 Å². The molecule has 0 aromatic rings. The standard InChI is InChI=1S/C10H14O/c1-3-5-9-8(4-2)6-7-10(9)11/h3-5,8-9H,2,6-7H2,1H3/b5-3-. The van der Waals surface area contributed by atoms with E-state index in [-0.39, 0.29) is 5.92 Å². The molecule has 1 saturated carbocycles. The summed E-state index contributed by atoms with van der Waals surface area (Å²) in [7, 11) is 0. The number of Topliss-reactive ketones (excluding diaryl/α,β-unsaturated/α-hetero) is 1. The SMILES string of the molecule is C=CC1CCC(=O)C1/C=C\C. The molecule has 0 radical (unpaired) electrons. The molecule has 2 unspecified atom stereocenters. The predicted octanol–water partition coefficient (Wildman–Crippen LogP) is 2.34. The van der Waals surface area contributed by atoms with E-state index in [1.54, 1.807) is 0 Å². The Balaban J connectivity index is 2.70. The number of hydrogen-bond donors (Lipinski definition) is 0. The maximum Gasteiger partial charge on any atom is 0.140 e. The van der Waals surface area contributed by atoms with Gasteiger partial charge in [0, 0.05) is 12.3 Å². The minimum atomic E-state index is 0.123.